The predicted molar refractivity (Wildman–Crippen MR) is 103 cm³/mol. The molecule has 1 aromatic heterocycles. The first kappa shape index (κ1) is 19.8. The molecule has 0 bridgehead atoms. The minimum Gasteiger partial charge on any atom is -0.452 e. The van der Waals surface area contributed by atoms with Crippen molar-refractivity contribution in [3.63, 3.8) is 0 Å². The van der Waals surface area contributed by atoms with Crippen LogP contribution in [-0.4, -0.2) is 29.1 Å². The van der Waals surface area contributed by atoms with E-state index in [1.807, 2.05) is 56.5 Å². The van der Waals surface area contributed by atoms with E-state index in [9.17, 15) is 9.59 Å². The molecule has 0 saturated carbocycles. The van der Waals surface area contributed by atoms with Gasteiger partial charge in [-0.3, -0.25) is 4.79 Å². The van der Waals surface area contributed by atoms with E-state index in [-0.39, 0.29) is 18.6 Å². The summed E-state index contributed by atoms with van der Waals surface area (Å²) in [5, 5.41) is 2.83. The van der Waals surface area contributed by atoms with Crippen molar-refractivity contribution in [3.8, 4) is 5.69 Å². The summed E-state index contributed by atoms with van der Waals surface area (Å²) in [7, 11) is 0. The molecule has 5 heteroatoms. The summed E-state index contributed by atoms with van der Waals surface area (Å²) >= 11 is 0. The number of amides is 1. The van der Waals surface area contributed by atoms with Crippen molar-refractivity contribution in [2.75, 3.05) is 6.61 Å². The second-order valence-electron chi connectivity index (χ2n) is 6.79. The first-order valence-corrected chi connectivity index (χ1v) is 9.06. The van der Waals surface area contributed by atoms with Gasteiger partial charge in [-0.25, -0.2) is 4.79 Å². The van der Waals surface area contributed by atoms with Gasteiger partial charge in [0, 0.05) is 23.1 Å². The molecule has 1 unspecified atom stereocenters. The lowest BCUT2D eigenvalue weighted by Crippen LogP contribution is -2.35. The Balaban J connectivity index is 2.07. The van der Waals surface area contributed by atoms with Gasteiger partial charge in [0.05, 0.1) is 5.56 Å². The Morgan fingerprint density at radius 2 is 1.81 bits per heavy atom. The van der Waals surface area contributed by atoms with Crippen LogP contribution in [-0.2, 0) is 9.53 Å². The molecule has 140 valence electrons. The number of carbonyl (C=O) groups excluding carboxylic acids is 2. The van der Waals surface area contributed by atoms with Crippen LogP contribution in [0.1, 0.15) is 54.0 Å². The Morgan fingerprint density at radius 3 is 2.42 bits per heavy atom. The lowest BCUT2D eigenvalue weighted by Gasteiger charge is -2.13. The van der Waals surface area contributed by atoms with E-state index < -0.39 is 5.97 Å². The van der Waals surface area contributed by atoms with Gasteiger partial charge in [0.1, 0.15) is 0 Å². The Labute approximate surface area is 155 Å². The number of carbonyl (C=O) groups is 2. The second kappa shape index (κ2) is 8.70. The van der Waals surface area contributed by atoms with Gasteiger partial charge in [-0.05, 0) is 52.3 Å². The number of aryl methyl sites for hydroxylation is 2. The Kier molecular flexibility index (Phi) is 6.61. The number of benzene rings is 1. The summed E-state index contributed by atoms with van der Waals surface area (Å²) < 4.78 is 7.22. The maximum absolute atomic E-state index is 12.4. The molecule has 0 radical (unpaired) electrons. The number of hydrogen-bond donors (Lipinski definition) is 1. The highest BCUT2D eigenvalue weighted by Crippen LogP contribution is 2.21. The molecule has 0 aliphatic heterocycles. The van der Waals surface area contributed by atoms with Gasteiger partial charge >= 0.3 is 5.97 Å². The maximum Gasteiger partial charge on any atom is 0.340 e. The van der Waals surface area contributed by atoms with E-state index in [1.54, 1.807) is 6.07 Å². The molecule has 0 aliphatic carbocycles. The zero-order valence-electron chi connectivity index (χ0n) is 16.3. The van der Waals surface area contributed by atoms with Crippen LogP contribution in [0.2, 0.25) is 0 Å². The Morgan fingerprint density at radius 1 is 1.15 bits per heavy atom. The van der Waals surface area contributed by atoms with Crippen molar-refractivity contribution < 1.29 is 14.3 Å². The minimum atomic E-state index is -0.477. The van der Waals surface area contributed by atoms with E-state index in [0.29, 0.717) is 5.56 Å². The average molecular weight is 356 g/mol. The first-order valence-electron chi connectivity index (χ1n) is 9.06. The molecule has 1 atom stereocenters. The number of nitrogens with one attached hydrogen (secondary N) is 1. The fraction of sp³-hybridized carbons (Fsp3) is 0.429. The van der Waals surface area contributed by atoms with Crippen molar-refractivity contribution in [2.45, 2.75) is 53.5 Å². The summed E-state index contributed by atoms with van der Waals surface area (Å²) in [5.74, 6) is -0.749. The molecule has 2 aromatic rings. The first-order chi connectivity index (χ1) is 12.3. The highest BCUT2D eigenvalue weighted by molar-refractivity contribution is 5.93. The lowest BCUT2D eigenvalue weighted by atomic mass is 10.2. The molecule has 1 amide bonds. The van der Waals surface area contributed by atoms with E-state index in [4.69, 9.17) is 4.74 Å². The molecular formula is C21H28N2O3. The number of hydrogen-bond acceptors (Lipinski definition) is 3. The molecule has 0 spiro atoms. The van der Waals surface area contributed by atoms with Gasteiger partial charge < -0.3 is 14.6 Å². The molecule has 5 nitrogen and oxygen atoms in total. The normalized spacial score (nSPS) is 11.9. The third-order valence-corrected chi connectivity index (χ3v) is 4.41. The van der Waals surface area contributed by atoms with Gasteiger partial charge in [-0.1, -0.05) is 31.0 Å². The number of nitrogens with zero attached hydrogens (tertiary/aromatic N) is 1. The Hall–Kier alpha value is -2.56. The average Bonchev–Trinajstić information content (AvgIpc) is 2.88. The van der Waals surface area contributed by atoms with Gasteiger partial charge in [0.15, 0.2) is 6.61 Å². The topological polar surface area (TPSA) is 60.3 Å². The van der Waals surface area contributed by atoms with Gasteiger partial charge in [-0.2, -0.15) is 0 Å². The molecule has 0 fully saturated rings. The largest absolute Gasteiger partial charge is 0.452 e. The zero-order chi connectivity index (χ0) is 19.3. The van der Waals surface area contributed by atoms with E-state index in [2.05, 4.69) is 12.2 Å². The van der Waals surface area contributed by atoms with E-state index >= 15 is 0 Å². The summed E-state index contributed by atoms with van der Waals surface area (Å²) in [6.45, 7) is 9.61. The van der Waals surface area contributed by atoms with Crippen LogP contribution in [0.3, 0.4) is 0 Å². The van der Waals surface area contributed by atoms with E-state index in [1.165, 1.54) is 5.56 Å². The number of aromatic nitrogens is 1. The number of rotatable bonds is 7. The number of ether oxygens (including phenoxy) is 1. The fourth-order valence-electron chi connectivity index (χ4n) is 3.09. The fourth-order valence-corrected chi connectivity index (χ4v) is 3.09. The van der Waals surface area contributed by atoms with Crippen molar-refractivity contribution in [3.05, 3.63) is 52.8 Å². The van der Waals surface area contributed by atoms with Crippen LogP contribution in [0.4, 0.5) is 0 Å². The van der Waals surface area contributed by atoms with Gasteiger partial charge in [-0.15, -0.1) is 0 Å². The molecule has 2 rings (SSSR count). The minimum absolute atomic E-state index is 0.0813. The Bertz CT molecular complexity index is 775. The third-order valence-electron chi connectivity index (χ3n) is 4.41. The van der Waals surface area contributed by atoms with Crippen LogP contribution < -0.4 is 5.32 Å². The maximum atomic E-state index is 12.4. The van der Waals surface area contributed by atoms with Crippen molar-refractivity contribution in [2.24, 2.45) is 0 Å². The highest BCUT2D eigenvalue weighted by atomic mass is 16.5. The van der Waals surface area contributed by atoms with Crippen molar-refractivity contribution >= 4 is 11.9 Å². The van der Waals surface area contributed by atoms with Crippen LogP contribution in [0.25, 0.3) is 5.69 Å². The van der Waals surface area contributed by atoms with Crippen LogP contribution in [0.5, 0.6) is 0 Å². The molecule has 0 saturated heterocycles. The molecular weight excluding hydrogens is 328 g/mol. The molecule has 1 aromatic carbocycles. The van der Waals surface area contributed by atoms with Crippen LogP contribution in [0, 0.1) is 20.8 Å². The molecule has 26 heavy (non-hydrogen) atoms. The monoisotopic (exact) mass is 356 g/mol. The van der Waals surface area contributed by atoms with Crippen molar-refractivity contribution in [1.29, 1.82) is 0 Å². The van der Waals surface area contributed by atoms with E-state index in [0.717, 1.165) is 29.9 Å². The van der Waals surface area contributed by atoms with Crippen LogP contribution in [0.15, 0.2) is 30.3 Å². The molecule has 1 N–H and O–H groups in total. The summed E-state index contributed by atoms with van der Waals surface area (Å²) in [5.41, 5.74) is 4.41. The summed E-state index contributed by atoms with van der Waals surface area (Å²) in [6.07, 6.45) is 1.89. The lowest BCUT2D eigenvalue weighted by molar-refractivity contribution is -0.124. The third kappa shape index (κ3) is 4.75. The molecule has 0 aliphatic rings. The standard InChI is InChI=1S/C21H28N2O3/c1-6-7-15(3)22-20(24)13-26-21(25)19-12-16(4)23(17(19)5)18-10-8-14(2)9-11-18/h8-12,15H,6-7,13H2,1-5H3,(H,22,24). The SMILES string of the molecule is CCCC(C)NC(=O)COC(=O)c1cc(C)n(-c2ccc(C)cc2)c1C. The summed E-state index contributed by atoms with van der Waals surface area (Å²) in [4.78, 5) is 24.3. The van der Waals surface area contributed by atoms with Gasteiger partial charge in [0.25, 0.3) is 5.91 Å². The van der Waals surface area contributed by atoms with Crippen molar-refractivity contribution in [1.82, 2.24) is 9.88 Å². The predicted octanol–water partition coefficient (Wildman–Crippen LogP) is 3.86. The number of esters is 1. The van der Waals surface area contributed by atoms with Gasteiger partial charge in [0.2, 0.25) is 0 Å². The summed E-state index contributed by atoms with van der Waals surface area (Å²) in [6, 6.07) is 10.00. The smallest absolute Gasteiger partial charge is 0.340 e. The van der Waals surface area contributed by atoms with Crippen LogP contribution >= 0.6 is 0 Å². The quantitative estimate of drug-likeness (QED) is 0.766. The molecule has 1 heterocycles. The highest BCUT2D eigenvalue weighted by Gasteiger charge is 2.19. The zero-order valence-corrected chi connectivity index (χ0v) is 16.3. The second-order valence-corrected chi connectivity index (χ2v) is 6.79.